The third-order valence-corrected chi connectivity index (χ3v) is 3.94. The molecule has 0 saturated carbocycles. The van der Waals surface area contributed by atoms with Gasteiger partial charge in [0.05, 0.1) is 0 Å². The number of hydrogen-bond donors (Lipinski definition) is 1. The Balaban J connectivity index is 1.67. The minimum absolute atomic E-state index is 0.204. The van der Waals surface area contributed by atoms with Crippen molar-refractivity contribution in [3.8, 4) is 17.2 Å². The monoisotopic (exact) mass is 318 g/mol. The average molecular weight is 319 g/mol. The molecule has 4 nitrogen and oxygen atoms in total. The zero-order chi connectivity index (χ0) is 14.7. The number of rotatable bonds is 4. The zero-order valence-electron chi connectivity index (χ0n) is 10.9. The molecule has 0 radical (unpaired) electrons. The summed E-state index contributed by atoms with van der Waals surface area (Å²) >= 11 is 7.31. The minimum Gasteiger partial charge on any atom is -0.508 e. The van der Waals surface area contributed by atoms with Crippen LogP contribution in [-0.2, 0) is 5.75 Å². The van der Waals surface area contributed by atoms with Crippen molar-refractivity contribution in [2.45, 2.75) is 11.0 Å². The summed E-state index contributed by atoms with van der Waals surface area (Å²) in [5.41, 5.74) is 1.91. The molecular weight excluding hydrogens is 308 g/mol. The second-order valence-electron chi connectivity index (χ2n) is 4.34. The van der Waals surface area contributed by atoms with Gasteiger partial charge < -0.3 is 9.52 Å². The summed E-state index contributed by atoms with van der Waals surface area (Å²) in [6.07, 6.45) is 0. The zero-order valence-corrected chi connectivity index (χ0v) is 12.4. The van der Waals surface area contributed by atoms with E-state index in [-0.39, 0.29) is 5.75 Å². The largest absolute Gasteiger partial charge is 0.508 e. The van der Waals surface area contributed by atoms with Crippen LogP contribution in [0.3, 0.4) is 0 Å². The first kappa shape index (κ1) is 14.0. The van der Waals surface area contributed by atoms with Crippen LogP contribution in [-0.4, -0.2) is 15.3 Å². The molecule has 106 valence electrons. The molecule has 3 rings (SSSR count). The number of halogens is 1. The predicted octanol–water partition coefficient (Wildman–Crippen LogP) is 4.39. The Hall–Kier alpha value is -1.98. The normalized spacial score (nSPS) is 10.7. The molecule has 0 amide bonds. The van der Waals surface area contributed by atoms with Gasteiger partial charge in [0.15, 0.2) is 0 Å². The molecule has 0 aliphatic heterocycles. The molecule has 0 fully saturated rings. The van der Waals surface area contributed by atoms with Gasteiger partial charge in [-0.3, -0.25) is 0 Å². The van der Waals surface area contributed by atoms with Crippen LogP contribution in [0, 0.1) is 0 Å². The second-order valence-corrected chi connectivity index (χ2v) is 5.70. The quantitative estimate of drug-likeness (QED) is 0.723. The van der Waals surface area contributed by atoms with E-state index in [0.717, 1.165) is 21.9 Å². The molecule has 1 N–H and O–H groups in total. The number of phenolic OH excluding ortho intramolecular Hbond substituents is 1. The summed E-state index contributed by atoms with van der Waals surface area (Å²) in [7, 11) is 0. The molecular formula is C15H11ClN2O2S. The number of hydrogen-bond acceptors (Lipinski definition) is 5. The average Bonchev–Trinajstić information content (AvgIpc) is 2.96. The SMILES string of the molecule is Oc1ccc(-c2nnc(SCc3ccc(Cl)cc3)o2)cc1. The number of thioether (sulfide) groups is 1. The molecule has 0 aliphatic rings. The van der Waals surface area contributed by atoms with Crippen molar-refractivity contribution in [2.24, 2.45) is 0 Å². The van der Waals surface area contributed by atoms with E-state index in [1.54, 1.807) is 24.3 Å². The van der Waals surface area contributed by atoms with E-state index in [1.807, 2.05) is 24.3 Å². The van der Waals surface area contributed by atoms with Crippen LogP contribution in [0.25, 0.3) is 11.5 Å². The van der Waals surface area contributed by atoms with Crippen molar-refractivity contribution >= 4 is 23.4 Å². The van der Waals surface area contributed by atoms with E-state index in [1.165, 1.54) is 11.8 Å². The van der Waals surface area contributed by atoms with E-state index in [9.17, 15) is 5.11 Å². The molecule has 1 heterocycles. The molecule has 0 aliphatic carbocycles. The first-order valence-corrected chi connectivity index (χ1v) is 7.57. The number of aromatic nitrogens is 2. The number of aromatic hydroxyl groups is 1. The standard InChI is InChI=1S/C15H11ClN2O2S/c16-12-5-1-10(2-6-12)9-21-15-18-17-14(20-15)11-3-7-13(19)8-4-11/h1-8,19H,9H2. The Morgan fingerprint density at radius 1 is 1.00 bits per heavy atom. The second kappa shape index (κ2) is 6.20. The minimum atomic E-state index is 0.204. The number of benzene rings is 2. The van der Waals surface area contributed by atoms with Crippen LogP contribution in [0.15, 0.2) is 58.2 Å². The Bertz CT molecular complexity index is 726. The van der Waals surface area contributed by atoms with Gasteiger partial charge in [0, 0.05) is 16.3 Å². The smallest absolute Gasteiger partial charge is 0.277 e. The fourth-order valence-electron chi connectivity index (χ4n) is 1.71. The molecule has 0 saturated heterocycles. The lowest BCUT2D eigenvalue weighted by atomic mass is 10.2. The highest BCUT2D eigenvalue weighted by Crippen LogP contribution is 2.26. The highest BCUT2D eigenvalue weighted by atomic mass is 35.5. The van der Waals surface area contributed by atoms with Crippen molar-refractivity contribution in [1.29, 1.82) is 0 Å². The van der Waals surface area contributed by atoms with Crippen molar-refractivity contribution in [3.63, 3.8) is 0 Å². The molecule has 2 aromatic carbocycles. The predicted molar refractivity (Wildman–Crippen MR) is 82.4 cm³/mol. The molecule has 0 bridgehead atoms. The van der Waals surface area contributed by atoms with Gasteiger partial charge in [-0.1, -0.05) is 35.5 Å². The number of nitrogens with zero attached hydrogens (tertiary/aromatic N) is 2. The van der Waals surface area contributed by atoms with E-state index in [2.05, 4.69) is 10.2 Å². The summed E-state index contributed by atoms with van der Waals surface area (Å²) in [5.74, 6) is 1.37. The van der Waals surface area contributed by atoms with Gasteiger partial charge in [0.1, 0.15) is 5.75 Å². The maximum atomic E-state index is 9.26. The van der Waals surface area contributed by atoms with E-state index in [4.69, 9.17) is 16.0 Å². The number of phenols is 1. The third kappa shape index (κ3) is 3.56. The lowest BCUT2D eigenvalue weighted by molar-refractivity contribution is 0.465. The molecule has 21 heavy (non-hydrogen) atoms. The van der Waals surface area contributed by atoms with Gasteiger partial charge in [-0.15, -0.1) is 10.2 Å². The first-order chi connectivity index (χ1) is 10.2. The maximum absolute atomic E-state index is 9.26. The van der Waals surface area contributed by atoms with Crippen LogP contribution < -0.4 is 0 Å². The maximum Gasteiger partial charge on any atom is 0.277 e. The molecule has 1 aromatic heterocycles. The van der Waals surface area contributed by atoms with Gasteiger partial charge in [-0.05, 0) is 42.0 Å². The van der Waals surface area contributed by atoms with Crippen LogP contribution >= 0.6 is 23.4 Å². The first-order valence-electron chi connectivity index (χ1n) is 6.21. The topological polar surface area (TPSA) is 59.2 Å². The van der Waals surface area contributed by atoms with Crippen molar-refractivity contribution in [2.75, 3.05) is 0 Å². The van der Waals surface area contributed by atoms with Gasteiger partial charge >= 0.3 is 0 Å². The van der Waals surface area contributed by atoms with Crippen molar-refractivity contribution in [3.05, 3.63) is 59.1 Å². The molecule has 0 spiro atoms. The fourth-order valence-corrected chi connectivity index (χ4v) is 2.56. The van der Waals surface area contributed by atoms with Crippen LogP contribution in [0.1, 0.15) is 5.56 Å². The summed E-state index contributed by atoms with van der Waals surface area (Å²) in [6, 6.07) is 14.3. The van der Waals surface area contributed by atoms with E-state index >= 15 is 0 Å². The Morgan fingerprint density at radius 3 is 2.43 bits per heavy atom. The van der Waals surface area contributed by atoms with Gasteiger partial charge in [-0.25, -0.2) is 0 Å². The van der Waals surface area contributed by atoms with Crippen LogP contribution in [0.5, 0.6) is 5.75 Å². The highest BCUT2D eigenvalue weighted by Gasteiger charge is 2.09. The lowest BCUT2D eigenvalue weighted by Crippen LogP contribution is -1.79. The molecule has 0 unspecified atom stereocenters. The van der Waals surface area contributed by atoms with Gasteiger partial charge in [-0.2, -0.15) is 0 Å². The van der Waals surface area contributed by atoms with E-state index in [0.29, 0.717) is 11.1 Å². The Labute approximate surface area is 130 Å². The summed E-state index contributed by atoms with van der Waals surface area (Å²) in [5, 5.41) is 18.5. The highest BCUT2D eigenvalue weighted by molar-refractivity contribution is 7.98. The summed E-state index contributed by atoms with van der Waals surface area (Å²) in [4.78, 5) is 0. The summed E-state index contributed by atoms with van der Waals surface area (Å²) < 4.78 is 5.59. The molecule has 0 atom stereocenters. The van der Waals surface area contributed by atoms with E-state index < -0.39 is 0 Å². The third-order valence-electron chi connectivity index (χ3n) is 2.80. The molecule has 6 heteroatoms. The van der Waals surface area contributed by atoms with Gasteiger partial charge in [0.2, 0.25) is 5.89 Å². The Morgan fingerprint density at radius 2 is 1.71 bits per heavy atom. The lowest BCUT2D eigenvalue weighted by Gasteiger charge is -1.98. The van der Waals surface area contributed by atoms with Crippen LogP contribution in [0.4, 0.5) is 0 Å². The molecule has 3 aromatic rings. The summed E-state index contributed by atoms with van der Waals surface area (Å²) in [6.45, 7) is 0. The fraction of sp³-hybridized carbons (Fsp3) is 0.0667. The van der Waals surface area contributed by atoms with Crippen molar-refractivity contribution in [1.82, 2.24) is 10.2 Å². The van der Waals surface area contributed by atoms with Crippen LogP contribution in [0.2, 0.25) is 5.02 Å². The van der Waals surface area contributed by atoms with Gasteiger partial charge in [0.25, 0.3) is 5.22 Å². The Kier molecular flexibility index (Phi) is 4.13. The van der Waals surface area contributed by atoms with Crippen molar-refractivity contribution < 1.29 is 9.52 Å².